The number of ether oxygens (including phenoxy) is 2. The molecule has 8 nitrogen and oxygen atoms in total. The summed E-state index contributed by atoms with van der Waals surface area (Å²) in [5.41, 5.74) is 1.94. The zero-order valence-electron chi connectivity index (χ0n) is 10.1. The largest absolute Gasteiger partial charge is 0.462 e. The summed E-state index contributed by atoms with van der Waals surface area (Å²) in [6, 6.07) is 0. The third-order valence-corrected chi connectivity index (χ3v) is 1.88. The monoisotopic (exact) mass is 254 g/mol. The quantitative estimate of drug-likeness (QED) is 0.432. The maximum Gasteiger partial charge on any atom is 0.358 e. The van der Waals surface area contributed by atoms with Gasteiger partial charge in [0.05, 0.1) is 13.2 Å². The van der Waals surface area contributed by atoms with Crippen molar-refractivity contribution in [3.8, 4) is 0 Å². The number of nitrogen functional groups attached to an aromatic ring is 1. The number of nitrogens with two attached hydrogens (primary N) is 1. The topological polar surface area (TPSA) is 116 Å². The average molecular weight is 254 g/mol. The molecule has 0 unspecified atom stereocenters. The van der Waals surface area contributed by atoms with Gasteiger partial charge in [-0.2, -0.15) is 0 Å². The Morgan fingerprint density at radius 1 is 1.28 bits per heavy atom. The van der Waals surface area contributed by atoms with Gasteiger partial charge in [0.2, 0.25) is 5.95 Å². The fourth-order valence-electron chi connectivity index (χ4n) is 1.16. The van der Waals surface area contributed by atoms with Crippen molar-refractivity contribution in [2.24, 2.45) is 5.84 Å². The lowest BCUT2D eigenvalue weighted by atomic mass is 10.2. The molecule has 0 amide bonds. The fraction of sp³-hybridized carbons (Fsp3) is 0.400. The van der Waals surface area contributed by atoms with Gasteiger partial charge in [-0.05, 0) is 13.8 Å². The number of rotatable bonds is 5. The SMILES string of the molecule is CCOC(=O)c1cnc(NN)nc1C(=O)OCC. The van der Waals surface area contributed by atoms with Crippen LogP contribution in [0.1, 0.15) is 34.7 Å². The standard InChI is InChI=1S/C10H14N4O4/c1-3-17-8(15)6-5-12-10(14-11)13-7(6)9(16)18-4-2/h5H,3-4,11H2,1-2H3,(H,12,13,14). The molecular weight excluding hydrogens is 240 g/mol. The van der Waals surface area contributed by atoms with E-state index in [0.29, 0.717) is 0 Å². The second-order valence-electron chi connectivity index (χ2n) is 3.04. The molecule has 98 valence electrons. The molecule has 0 aliphatic rings. The number of carbonyl (C=O) groups excluding carboxylic acids is 2. The summed E-state index contributed by atoms with van der Waals surface area (Å²) in [6.07, 6.45) is 1.16. The number of nitrogens with one attached hydrogen (secondary N) is 1. The van der Waals surface area contributed by atoms with E-state index in [1.54, 1.807) is 13.8 Å². The van der Waals surface area contributed by atoms with E-state index in [4.69, 9.17) is 15.3 Å². The first-order valence-corrected chi connectivity index (χ1v) is 5.31. The highest BCUT2D eigenvalue weighted by atomic mass is 16.5. The number of anilines is 1. The molecule has 0 atom stereocenters. The molecule has 0 fully saturated rings. The highest BCUT2D eigenvalue weighted by Gasteiger charge is 2.22. The Bertz CT molecular complexity index is 450. The van der Waals surface area contributed by atoms with Gasteiger partial charge in [-0.1, -0.05) is 0 Å². The molecule has 8 heteroatoms. The summed E-state index contributed by atoms with van der Waals surface area (Å²) in [7, 11) is 0. The predicted molar refractivity (Wildman–Crippen MR) is 61.8 cm³/mol. The fourth-order valence-corrected chi connectivity index (χ4v) is 1.16. The summed E-state index contributed by atoms with van der Waals surface area (Å²) >= 11 is 0. The van der Waals surface area contributed by atoms with Crippen LogP contribution in [0.15, 0.2) is 6.20 Å². The lowest BCUT2D eigenvalue weighted by molar-refractivity contribution is 0.0473. The van der Waals surface area contributed by atoms with Crippen LogP contribution in [0.2, 0.25) is 0 Å². The van der Waals surface area contributed by atoms with Gasteiger partial charge in [0.15, 0.2) is 5.69 Å². The van der Waals surface area contributed by atoms with E-state index in [-0.39, 0.29) is 30.4 Å². The average Bonchev–Trinajstić information content (AvgIpc) is 2.38. The first-order chi connectivity index (χ1) is 8.63. The van der Waals surface area contributed by atoms with E-state index in [0.717, 1.165) is 6.20 Å². The lowest BCUT2D eigenvalue weighted by Gasteiger charge is -2.08. The first-order valence-electron chi connectivity index (χ1n) is 5.31. The van der Waals surface area contributed by atoms with Crippen LogP contribution in [-0.4, -0.2) is 35.1 Å². The minimum atomic E-state index is -0.737. The zero-order valence-corrected chi connectivity index (χ0v) is 10.1. The van der Waals surface area contributed by atoms with Gasteiger partial charge < -0.3 is 9.47 Å². The number of esters is 2. The minimum Gasteiger partial charge on any atom is -0.462 e. The molecule has 1 rings (SSSR count). The van der Waals surface area contributed by atoms with Gasteiger partial charge >= 0.3 is 11.9 Å². The Labute approximate surface area is 103 Å². The molecule has 0 saturated heterocycles. The number of aromatic nitrogens is 2. The van der Waals surface area contributed by atoms with E-state index in [1.807, 2.05) is 0 Å². The smallest absolute Gasteiger partial charge is 0.358 e. The molecule has 0 spiro atoms. The van der Waals surface area contributed by atoms with Crippen LogP contribution >= 0.6 is 0 Å². The van der Waals surface area contributed by atoms with Crippen LogP contribution in [-0.2, 0) is 9.47 Å². The second kappa shape index (κ2) is 6.50. The molecule has 0 radical (unpaired) electrons. The number of hydrazine groups is 1. The van der Waals surface area contributed by atoms with Crippen molar-refractivity contribution in [3.05, 3.63) is 17.5 Å². The number of nitrogens with zero attached hydrogens (tertiary/aromatic N) is 2. The minimum absolute atomic E-state index is 0.00565. The van der Waals surface area contributed by atoms with Gasteiger partial charge in [-0.15, -0.1) is 0 Å². The highest BCUT2D eigenvalue weighted by molar-refractivity contribution is 6.01. The molecule has 0 aromatic carbocycles. The van der Waals surface area contributed by atoms with E-state index in [2.05, 4.69) is 15.4 Å². The molecule has 0 aliphatic heterocycles. The Balaban J connectivity index is 3.15. The molecule has 0 aliphatic carbocycles. The van der Waals surface area contributed by atoms with Crippen molar-refractivity contribution >= 4 is 17.9 Å². The van der Waals surface area contributed by atoms with E-state index in [1.165, 1.54) is 0 Å². The maximum absolute atomic E-state index is 11.7. The zero-order chi connectivity index (χ0) is 13.5. The van der Waals surface area contributed by atoms with Crippen LogP contribution in [0.25, 0.3) is 0 Å². The van der Waals surface area contributed by atoms with E-state index >= 15 is 0 Å². The van der Waals surface area contributed by atoms with Crippen molar-refractivity contribution in [2.75, 3.05) is 18.6 Å². The second-order valence-corrected chi connectivity index (χ2v) is 3.04. The molecule has 0 bridgehead atoms. The molecule has 1 heterocycles. The van der Waals surface area contributed by atoms with Crippen molar-refractivity contribution in [3.63, 3.8) is 0 Å². The molecule has 18 heavy (non-hydrogen) atoms. The van der Waals surface area contributed by atoms with Gasteiger partial charge in [0.25, 0.3) is 0 Å². The van der Waals surface area contributed by atoms with Gasteiger partial charge in [-0.3, -0.25) is 5.43 Å². The number of hydrogen-bond acceptors (Lipinski definition) is 8. The normalized spacial score (nSPS) is 9.72. The Morgan fingerprint density at radius 3 is 2.44 bits per heavy atom. The van der Waals surface area contributed by atoms with Crippen molar-refractivity contribution in [2.45, 2.75) is 13.8 Å². The van der Waals surface area contributed by atoms with Crippen LogP contribution in [0.5, 0.6) is 0 Å². The molecule has 0 saturated carbocycles. The predicted octanol–water partition coefficient (Wildman–Crippen LogP) is 0.116. The van der Waals surface area contributed by atoms with E-state index < -0.39 is 11.9 Å². The number of carbonyl (C=O) groups is 2. The third-order valence-electron chi connectivity index (χ3n) is 1.88. The molecular formula is C10H14N4O4. The summed E-state index contributed by atoms with van der Waals surface area (Å²) in [5.74, 6) is 3.71. The van der Waals surface area contributed by atoms with Crippen molar-refractivity contribution < 1.29 is 19.1 Å². The van der Waals surface area contributed by atoms with Gasteiger partial charge in [-0.25, -0.2) is 25.4 Å². The number of hydrogen-bond donors (Lipinski definition) is 2. The molecule has 1 aromatic heterocycles. The van der Waals surface area contributed by atoms with Crippen LogP contribution < -0.4 is 11.3 Å². The molecule has 1 aromatic rings. The Morgan fingerprint density at radius 2 is 1.89 bits per heavy atom. The molecule has 3 N–H and O–H groups in total. The third kappa shape index (κ3) is 3.14. The summed E-state index contributed by atoms with van der Waals surface area (Å²) in [5, 5.41) is 0. The van der Waals surface area contributed by atoms with Gasteiger partial charge in [0.1, 0.15) is 5.56 Å². The Kier molecular flexibility index (Phi) is 5.00. The lowest BCUT2D eigenvalue weighted by Crippen LogP contribution is -2.19. The summed E-state index contributed by atoms with van der Waals surface area (Å²) in [4.78, 5) is 30.8. The van der Waals surface area contributed by atoms with E-state index in [9.17, 15) is 9.59 Å². The summed E-state index contributed by atoms with van der Waals surface area (Å²) < 4.78 is 9.58. The van der Waals surface area contributed by atoms with Crippen molar-refractivity contribution in [1.82, 2.24) is 9.97 Å². The van der Waals surface area contributed by atoms with Crippen LogP contribution in [0.4, 0.5) is 5.95 Å². The highest BCUT2D eigenvalue weighted by Crippen LogP contribution is 2.11. The van der Waals surface area contributed by atoms with Crippen LogP contribution in [0, 0.1) is 0 Å². The van der Waals surface area contributed by atoms with Gasteiger partial charge in [0, 0.05) is 6.20 Å². The van der Waals surface area contributed by atoms with Crippen molar-refractivity contribution in [1.29, 1.82) is 0 Å². The first kappa shape index (κ1) is 13.8. The Hall–Kier alpha value is -2.22. The van der Waals surface area contributed by atoms with Crippen LogP contribution in [0.3, 0.4) is 0 Å². The summed E-state index contributed by atoms with van der Waals surface area (Å²) in [6.45, 7) is 3.64. The maximum atomic E-state index is 11.7.